The average molecular weight is 489 g/mol. The molecule has 0 aromatic heterocycles. The molecule has 8 nitrogen and oxygen atoms in total. The van der Waals surface area contributed by atoms with Crippen LogP contribution in [-0.2, 0) is 27.0 Å². The molecule has 3 rings (SSSR count). The molecular weight excluding hydrogens is 467 g/mol. The molecule has 0 radical (unpaired) electrons. The summed E-state index contributed by atoms with van der Waals surface area (Å²) in [5, 5.41) is 14.0. The van der Waals surface area contributed by atoms with Gasteiger partial charge in [-0.25, -0.2) is 4.79 Å². The van der Waals surface area contributed by atoms with E-state index in [9.17, 15) is 37.5 Å². The van der Waals surface area contributed by atoms with Crippen LogP contribution in [0.3, 0.4) is 0 Å². The van der Waals surface area contributed by atoms with Crippen LogP contribution >= 0.6 is 0 Å². The van der Waals surface area contributed by atoms with E-state index in [0.29, 0.717) is 16.7 Å². The maximum absolute atomic E-state index is 13.0. The van der Waals surface area contributed by atoms with Crippen molar-refractivity contribution < 1.29 is 37.5 Å². The summed E-state index contributed by atoms with van der Waals surface area (Å²) in [5.74, 6) is -2.49. The highest BCUT2D eigenvalue weighted by Crippen LogP contribution is 2.30. The monoisotopic (exact) mass is 489 g/mol. The van der Waals surface area contributed by atoms with Crippen molar-refractivity contribution >= 4 is 23.7 Å². The first kappa shape index (κ1) is 25.5. The van der Waals surface area contributed by atoms with Gasteiger partial charge in [-0.2, -0.15) is 13.2 Å². The molecule has 11 heteroatoms. The molecule has 0 bridgehead atoms. The third-order valence-corrected chi connectivity index (χ3v) is 5.32. The number of alkyl halides is 3. The summed E-state index contributed by atoms with van der Waals surface area (Å²) in [6.45, 7) is 0. The second kappa shape index (κ2) is 10.4. The smallest absolute Gasteiger partial charge is 0.416 e. The summed E-state index contributed by atoms with van der Waals surface area (Å²) >= 11 is 0. The van der Waals surface area contributed by atoms with Crippen LogP contribution in [0.2, 0.25) is 0 Å². The molecule has 2 atom stereocenters. The Morgan fingerprint density at radius 1 is 1.09 bits per heavy atom. The first-order chi connectivity index (χ1) is 16.4. The van der Waals surface area contributed by atoms with Crippen molar-refractivity contribution in [1.29, 1.82) is 0 Å². The Hall–Kier alpha value is -4.15. The third-order valence-electron chi connectivity index (χ3n) is 5.32. The van der Waals surface area contributed by atoms with Crippen molar-refractivity contribution in [2.75, 3.05) is 7.05 Å². The van der Waals surface area contributed by atoms with E-state index in [1.807, 2.05) is 0 Å². The predicted octanol–water partition coefficient (Wildman–Crippen LogP) is 3.03. The number of amides is 3. The number of nitrogens with zero attached hydrogens (tertiary/aromatic N) is 1. The van der Waals surface area contributed by atoms with E-state index in [4.69, 9.17) is 0 Å². The Bertz CT molecular complexity index is 1180. The van der Waals surface area contributed by atoms with Gasteiger partial charge in [0.1, 0.15) is 0 Å². The number of carbonyl (C=O) groups excluding carboxylic acids is 3. The van der Waals surface area contributed by atoms with Gasteiger partial charge in [-0.3, -0.25) is 14.4 Å². The molecule has 35 heavy (non-hydrogen) atoms. The number of benzene rings is 2. The van der Waals surface area contributed by atoms with E-state index in [0.717, 1.165) is 23.1 Å². The second-order valence-electron chi connectivity index (χ2n) is 7.99. The Morgan fingerprint density at radius 2 is 1.74 bits per heavy atom. The topological polar surface area (TPSA) is 116 Å². The molecule has 1 aliphatic heterocycles. The molecule has 0 spiro atoms. The molecule has 184 valence electrons. The molecule has 2 aromatic carbocycles. The van der Waals surface area contributed by atoms with Crippen LogP contribution in [-0.4, -0.2) is 46.8 Å². The van der Waals surface area contributed by atoms with Crippen LogP contribution in [0, 0.1) is 0 Å². The Kier molecular flexibility index (Phi) is 7.58. The lowest BCUT2D eigenvalue weighted by Crippen LogP contribution is -2.55. The van der Waals surface area contributed by atoms with Gasteiger partial charge < -0.3 is 20.6 Å². The fourth-order valence-electron chi connectivity index (χ4n) is 3.58. The number of nitrogens with one attached hydrogen (secondary N) is 2. The number of halogens is 3. The quantitative estimate of drug-likeness (QED) is 0.517. The lowest BCUT2D eigenvalue weighted by atomic mass is 9.97. The van der Waals surface area contributed by atoms with Gasteiger partial charge in [0.15, 0.2) is 11.8 Å². The SMILES string of the molecule is CN1C=CC(=O)C(NC(=O)NC(CC(=O)O)c2cccc(Cc3cccc(C(F)(F)F)c3)c2)C1=O. The van der Waals surface area contributed by atoms with Gasteiger partial charge >= 0.3 is 18.2 Å². The van der Waals surface area contributed by atoms with Crippen LogP contribution in [0.15, 0.2) is 60.8 Å². The predicted molar refractivity (Wildman–Crippen MR) is 118 cm³/mol. The molecule has 0 saturated carbocycles. The lowest BCUT2D eigenvalue weighted by Gasteiger charge is -2.25. The van der Waals surface area contributed by atoms with Gasteiger partial charge in [0.25, 0.3) is 5.91 Å². The Morgan fingerprint density at radius 3 is 2.40 bits per heavy atom. The molecule has 1 heterocycles. The van der Waals surface area contributed by atoms with E-state index >= 15 is 0 Å². The molecule has 0 saturated heterocycles. The van der Waals surface area contributed by atoms with Gasteiger partial charge in [-0.1, -0.05) is 42.5 Å². The van der Waals surface area contributed by atoms with Crippen molar-refractivity contribution in [3.05, 3.63) is 83.1 Å². The first-order valence-electron chi connectivity index (χ1n) is 10.5. The maximum atomic E-state index is 13.0. The van der Waals surface area contributed by atoms with Gasteiger partial charge in [0.2, 0.25) is 0 Å². The van der Waals surface area contributed by atoms with Crippen LogP contribution < -0.4 is 10.6 Å². The number of carboxylic acids is 1. The second-order valence-corrected chi connectivity index (χ2v) is 7.99. The van der Waals surface area contributed by atoms with Gasteiger partial charge in [0.05, 0.1) is 18.0 Å². The van der Waals surface area contributed by atoms with E-state index in [-0.39, 0.29) is 6.42 Å². The zero-order valence-corrected chi connectivity index (χ0v) is 18.5. The highest BCUT2D eigenvalue weighted by Gasteiger charge is 2.33. The minimum Gasteiger partial charge on any atom is -0.481 e. The van der Waals surface area contributed by atoms with E-state index in [1.54, 1.807) is 30.3 Å². The van der Waals surface area contributed by atoms with Crippen LogP contribution in [0.4, 0.5) is 18.0 Å². The largest absolute Gasteiger partial charge is 0.481 e. The molecular formula is C24H22F3N3O5. The summed E-state index contributed by atoms with van der Waals surface area (Å²) in [4.78, 5) is 49.2. The van der Waals surface area contributed by atoms with Crippen molar-refractivity contribution in [3.63, 3.8) is 0 Å². The first-order valence-corrected chi connectivity index (χ1v) is 10.5. The fraction of sp³-hybridized carbons (Fsp3) is 0.250. The number of hydrogen-bond acceptors (Lipinski definition) is 4. The summed E-state index contributed by atoms with van der Waals surface area (Å²) in [5.41, 5.74) is 0.624. The third kappa shape index (κ3) is 6.69. The number of rotatable bonds is 7. The number of likely N-dealkylation sites (N-methyl/N-ethyl adjacent to an activating group) is 1. The zero-order valence-electron chi connectivity index (χ0n) is 18.5. The van der Waals surface area contributed by atoms with E-state index < -0.39 is 53.9 Å². The minimum absolute atomic E-state index is 0.146. The highest BCUT2D eigenvalue weighted by molar-refractivity contribution is 6.14. The maximum Gasteiger partial charge on any atom is 0.416 e. The molecule has 1 aliphatic rings. The van der Waals surface area contributed by atoms with E-state index in [2.05, 4.69) is 10.6 Å². The van der Waals surface area contributed by atoms with Gasteiger partial charge in [-0.15, -0.1) is 0 Å². The molecule has 0 aliphatic carbocycles. The summed E-state index contributed by atoms with van der Waals surface area (Å²) in [6.07, 6.45) is -2.43. The lowest BCUT2D eigenvalue weighted by molar-refractivity contribution is -0.138. The summed E-state index contributed by atoms with van der Waals surface area (Å²) in [6, 6.07) is 7.89. The van der Waals surface area contributed by atoms with Crippen molar-refractivity contribution in [3.8, 4) is 0 Å². The highest BCUT2D eigenvalue weighted by atomic mass is 19.4. The van der Waals surface area contributed by atoms with Gasteiger partial charge in [0, 0.05) is 19.3 Å². The Labute approximate surface area is 198 Å². The van der Waals surface area contributed by atoms with Crippen molar-refractivity contribution in [2.45, 2.75) is 31.1 Å². The summed E-state index contributed by atoms with van der Waals surface area (Å²) in [7, 11) is 1.42. The number of hydrogen-bond donors (Lipinski definition) is 3. The average Bonchev–Trinajstić information content (AvgIpc) is 2.78. The van der Waals surface area contributed by atoms with Crippen LogP contribution in [0.5, 0.6) is 0 Å². The normalized spacial score (nSPS) is 16.7. The van der Waals surface area contributed by atoms with Crippen LogP contribution in [0.25, 0.3) is 0 Å². The molecule has 3 N–H and O–H groups in total. The zero-order chi connectivity index (χ0) is 25.8. The molecule has 0 fully saturated rings. The fourth-order valence-corrected chi connectivity index (χ4v) is 3.58. The van der Waals surface area contributed by atoms with E-state index in [1.165, 1.54) is 19.3 Å². The van der Waals surface area contributed by atoms with Gasteiger partial charge in [-0.05, 0) is 29.2 Å². The van der Waals surface area contributed by atoms with Crippen LogP contribution in [0.1, 0.15) is 34.7 Å². The van der Waals surface area contributed by atoms with Crippen molar-refractivity contribution in [1.82, 2.24) is 15.5 Å². The Balaban J connectivity index is 1.77. The number of ketones is 1. The van der Waals surface area contributed by atoms with Crippen molar-refractivity contribution in [2.24, 2.45) is 0 Å². The number of urea groups is 1. The number of carboxylic acid groups (broad SMARTS) is 1. The summed E-state index contributed by atoms with van der Waals surface area (Å²) < 4.78 is 39.0. The number of carbonyl (C=O) groups is 4. The molecule has 2 aromatic rings. The standard InChI is InChI=1S/C24H22F3N3O5/c1-30-9-8-19(31)21(22(30)34)29-23(35)28-18(13-20(32)33)16-6-2-4-14(11-16)10-15-5-3-7-17(12-15)24(25,26)27/h2-9,11-12,18,21H,10,13H2,1H3,(H,32,33)(H2,28,29,35). The molecule has 3 amide bonds. The molecule has 2 unspecified atom stereocenters. The number of aliphatic carboxylic acids is 1. The minimum atomic E-state index is -4.48.